The van der Waals surface area contributed by atoms with Crippen molar-refractivity contribution in [1.82, 2.24) is 9.71 Å². The van der Waals surface area contributed by atoms with Gasteiger partial charge >= 0.3 is 5.69 Å². The summed E-state index contributed by atoms with van der Waals surface area (Å²) in [5, 5.41) is 10.7. The lowest BCUT2D eigenvalue weighted by Crippen LogP contribution is -2.23. The Morgan fingerprint density at radius 3 is 2.76 bits per heavy atom. The van der Waals surface area contributed by atoms with Gasteiger partial charge in [-0.15, -0.1) is 11.3 Å². The molecule has 21 heavy (non-hydrogen) atoms. The molecule has 10 heteroatoms. The minimum atomic E-state index is -3.98. The van der Waals surface area contributed by atoms with Gasteiger partial charge in [0.2, 0.25) is 15.8 Å². The van der Waals surface area contributed by atoms with Crippen LogP contribution >= 0.6 is 11.3 Å². The Bertz CT molecular complexity index is 775. The third kappa shape index (κ3) is 3.40. The average molecular weight is 331 g/mol. The number of nitro groups is 1. The van der Waals surface area contributed by atoms with Crippen LogP contribution in [0.5, 0.6) is 0 Å². The Balaban J connectivity index is 2.35. The van der Waals surface area contributed by atoms with Crippen LogP contribution in [0, 0.1) is 22.9 Å². The quantitative estimate of drug-likeness (QED) is 0.666. The summed E-state index contributed by atoms with van der Waals surface area (Å²) in [6.07, 6.45) is 1.51. The molecule has 0 aliphatic heterocycles. The molecule has 0 fully saturated rings. The summed E-state index contributed by atoms with van der Waals surface area (Å²) in [7, 11) is -3.98. The molecule has 0 amide bonds. The van der Waals surface area contributed by atoms with Crippen molar-refractivity contribution in [2.24, 2.45) is 0 Å². The summed E-state index contributed by atoms with van der Waals surface area (Å²) in [6, 6.07) is 1.55. The summed E-state index contributed by atoms with van der Waals surface area (Å²) in [6.45, 7) is 1.38. The van der Waals surface area contributed by atoms with E-state index in [4.69, 9.17) is 0 Å². The van der Waals surface area contributed by atoms with Crippen LogP contribution < -0.4 is 4.72 Å². The number of thiazole rings is 1. The number of nitro benzene ring substituents is 1. The van der Waals surface area contributed by atoms with Crippen LogP contribution in [0.2, 0.25) is 0 Å². The van der Waals surface area contributed by atoms with Crippen molar-refractivity contribution in [3.8, 4) is 0 Å². The lowest BCUT2D eigenvalue weighted by Gasteiger charge is -2.08. The van der Waals surface area contributed by atoms with Gasteiger partial charge in [0.25, 0.3) is 0 Å². The Kier molecular flexibility index (Phi) is 4.30. The molecule has 0 unspecified atom stereocenters. The smallest absolute Gasteiger partial charge is 0.258 e. The molecule has 1 aromatic carbocycles. The standard InChI is InChI=1S/C11H10FN3O4S2/c1-7-2-9(12)10(15(16)17)3-11(7)21(18,19)14-5-8-4-13-6-20-8/h2-4,6,14H,5H2,1H3. The average Bonchev–Trinajstić information content (AvgIpc) is 2.88. The number of halogens is 1. The van der Waals surface area contributed by atoms with Crippen LogP contribution in [-0.2, 0) is 16.6 Å². The van der Waals surface area contributed by atoms with Gasteiger partial charge in [-0.05, 0) is 18.6 Å². The summed E-state index contributed by atoms with van der Waals surface area (Å²) >= 11 is 1.27. The molecule has 0 saturated carbocycles. The summed E-state index contributed by atoms with van der Waals surface area (Å²) in [4.78, 5) is 13.9. The van der Waals surface area contributed by atoms with Crippen LogP contribution in [0.4, 0.5) is 10.1 Å². The van der Waals surface area contributed by atoms with Gasteiger partial charge in [0, 0.05) is 23.7 Å². The van der Waals surface area contributed by atoms with Gasteiger partial charge in [-0.3, -0.25) is 15.1 Å². The zero-order valence-corrected chi connectivity index (χ0v) is 12.4. The highest BCUT2D eigenvalue weighted by molar-refractivity contribution is 7.89. The highest BCUT2D eigenvalue weighted by Crippen LogP contribution is 2.25. The van der Waals surface area contributed by atoms with Crippen molar-refractivity contribution < 1.29 is 17.7 Å². The molecular weight excluding hydrogens is 321 g/mol. The number of hydrogen-bond acceptors (Lipinski definition) is 6. The fourth-order valence-electron chi connectivity index (χ4n) is 1.64. The van der Waals surface area contributed by atoms with Gasteiger partial charge in [-0.25, -0.2) is 13.1 Å². The molecule has 1 aromatic heterocycles. The van der Waals surface area contributed by atoms with Crippen LogP contribution in [0.3, 0.4) is 0 Å². The predicted octanol–water partition coefficient (Wildman–Crippen LogP) is 1.98. The maximum absolute atomic E-state index is 13.4. The lowest BCUT2D eigenvalue weighted by atomic mass is 10.2. The monoisotopic (exact) mass is 331 g/mol. The zero-order valence-electron chi connectivity index (χ0n) is 10.7. The molecule has 0 spiro atoms. The predicted molar refractivity (Wildman–Crippen MR) is 73.9 cm³/mol. The number of aromatic nitrogens is 1. The van der Waals surface area contributed by atoms with Crippen LogP contribution in [0.25, 0.3) is 0 Å². The van der Waals surface area contributed by atoms with Crippen LogP contribution in [0.1, 0.15) is 10.4 Å². The minimum absolute atomic E-state index is 0.0115. The van der Waals surface area contributed by atoms with Crippen molar-refractivity contribution in [2.75, 3.05) is 0 Å². The molecule has 7 nitrogen and oxygen atoms in total. The van der Waals surface area contributed by atoms with Crippen molar-refractivity contribution in [2.45, 2.75) is 18.4 Å². The normalized spacial score (nSPS) is 11.5. The van der Waals surface area contributed by atoms with Gasteiger partial charge in [0.05, 0.1) is 15.3 Å². The van der Waals surface area contributed by atoms with E-state index >= 15 is 0 Å². The molecule has 1 N–H and O–H groups in total. The number of hydrogen-bond donors (Lipinski definition) is 1. The number of sulfonamides is 1. The number of nitrogens with zero attached hydrogens (tertiary/aromatic N) is 2. The molecule has 2 rings (SSSR count). The maximum Gasteiger partial charge on any atom is 0.306 e. The van der Waals surface area contributed by atoms with E-state index in [0.29, 0.717) is 4.88 Å². The molecule has 0 radical (unpaired) electrons. The zero-order chi connectivity index (χ0) is 15.6. The SMILES string of the molecule is Cc1cc(F)c([N+](=O)[O-])cc1S(=O)(=O)NCc1cncs1. The summed E-state index contributed by atoms with van der Waals surface area (Å²) < 4.78 is 40.0. The number of nitrogens with one attached hydrogen (secondary N) is 1. The Hall–Kier alpha value is -1.91. The number of aryl methyl sites for hydroxylation is 1. The van der Waals surface area contributed by atoms with E-state index in [0.717, 1.165) is 12.1 Å². The second kappa shape index (κ2) is 5.84. The first kappa shape index (κ1) is 15.5. The molecule has 0 aliphatic carbocycles. The Labute approximate surface area is 123 Å². The Morgan fingerprint density at radius 2 is 2.19 bits per heavy atom. The highest BCUT2D eigenvalue weighted by atomic mass is 32.2. The van der Waals surface area contributed by atoms with Gasteiger partial charge in [0.1, 0.15) is 0 Å². The van der Waals surface area contributed by atoms with E-state index in [1.54, 1.807) is 5.51 Å². The van der Waals surface area contributed by atoms with Gasteiger partial charge in [0.15, 0.2) is 0 Å². The van der Waals surface area contributed by atoms with Crippen molar-refractivity contribution in [3.63, 3.8) is 0 Å². The molecular formula is C11H10FN3O4S2. The number of benzene rings is 1. The molecule has 1 heterocycles. The topological polar surface area (TPSA) is 102 Å². The third-order valence-electron chi connectivity index (χ3n) is 2.65. The second-order valence-corrected chi connectivity index (χ2v) is 6.82. The third-order valence-corrected chi connectivity index (χ3v) is 4.97. The van der Waals surface area contributed by atoms with E-state index in [9.17, 15) is 22.9 Å². The van der Waals surface area contributed by atoms with Gasteiger partial charge < -0.3 is 0 Å². The van der Waals surface area contributed by atoms with Gasteiger partial charge in [-0.2, -0.15) is 4.39 Å². The molecule has 2 aromatic rings. The summed E-state index contributed by atoms with van der Waals surface area (Å²) in [5.74, 6) is -1.07. The molecule has 0 bridgehead atoms. The minimum Gasteiger partial charge on any atom is -0.258 e. The summed E-state index contributed by atoms with van der Waals surface area (Å²) in [5.41, 5.74) is 0.770. The van der Waals surface area contributed by atoms with Crippen molar-refractivity contribution >= 4 is 27.0 Å². The van der Waals surface area contributed by atoms with Crippen LogP contribution in [0.15, 0.2) is 28.7 Å². The molecule has 0 atom stereocenters. The first-order valence-corrected chi connectivity index (χ1v) is 7.99. The first-order chi connectivity index (χ1) is 9.81. The van der Waals surface area contributed by atoms with E-state index in [-0.39, 0.29) is 17.0 Å². The fraction of sp³-hybridized carbons (Fsp3) is 0.182. The highest BCUT2D eigenvalue weighted by Gasteiger charge is 2.24. The molecule has 0 aliphatic rings. The van der Waals surface area contributed by atoms with E-state index in [1.165, 1.54) is 24.5 Å². The van der Waals surface area contributed by atoms with Gasteiger partial charge in [-0.1, -0.05) is 0 Å². The lowest BCUT2D eigenvalue weighted by molar-refractivity contribution is -0.387. The van der Waals surface area contributed by atoms with Crippen LogP contribution in [-0.4, -0.2) is 18.3 Å². The van der Waals surface area contributed by atoms with Crippen molar-refractivity contribution in [1.29, 1.82) is 0 Å². The largest absolute Gasteiger partial charge is 0.306 e. The van der Waals surface area contributed by atoms with E-state index in [1.807, 2.05) is 0 Å². The Morgan fingerprint density at radius 1 is 1.48 bits per heavy atom. The number of rotatable bonds is 5. The maximum atomic E-state index is 13.4. The van der Waals surface area contributed by atoms with E-state index < -0.39 is 26.5 Å². The molecule has 112 valence electrons. The van der Waals surface area contributed by atoms with E-state index in [2.05, 4.69) is 9.71 Å². The second-order valence-electron chi connectivity index (χ2n) is 4.12. The molecule has 0 saturated heterocycles. The first-order valence-electron chi connectivity index (χ1n) is 5.63. The fourth-order valence-corrected chi connectivity index (χ4v) is 3.52. The van der Waals surface area contributed by atoms with Crippen molar-refractivity contribution in [3.05, 3.63) is 50.2 Å².